The van der Waals surface area contributed by atoms with Crippen LogP contribution in [0.25, 0.3) is 11.2 Å². The number of anilines is 1. The Morgan fingerprint density at radius 2 is 1.52 bits per heavy atom. The fourth-order valence-electron chi connectivity index (χ4n) is 3.10. The van der Waals surface area contributed by atoms with Crippen LogP contribution in [0.1, 0.15) is 19.1 Å². The van der Waals surface area contributed by atoms with E-state index in [0.29, 0.717) is 0 Å². The second-order valence-corrected chi connectivity index (χ2v) is 13.8. The summed E-state index contributed by atoms with van der Waals surface area (Å²) in [5.74, 6) is -2.97. The zero-order chi connectivity index (χ0) is 37.2. The topological polar surface area (TPSA) is 443 Å². The molecule has 0 aliphatic carbocycles. The molecular formula is C18H32N7O19P3S. The fraction of sp³-hybridized carbons (Fsp3) is 0.556. The number of imidazole rings is 1. The number of ether oxygens (including phenoxy) is 1. The van der Waals surface area contributed by atoms with Crippen LogP contribution in [0.3, 0.4) is 0 Å². The largest absolute Gasteiger partial charge is 0.490 e. The Hall–Kier alpha value is -2.68. The van der Waals surface area contributed by atoms with E-state index in [4.69, 9.17) is 51.9 Å². The number of aliphatic carboxylic acids is 3. The summed E-state index contributed by atoms with van der Waals surface area (Å²) >= 11 is 3.65. The standard InChI is InChI=1S/C10H16N5O13P3.C5H9NO4.C3H7NO2S/c11-8-5-9(13-2-12-8)15(3-14-5)10-7(17)6(16)4(26-10)1-25-30(21,22)28-31(23,24)27-29(18,19)20;6-3(5(9)10)1-2-4(7)8;4-2(1-7)3(5)6/h2-4,6-7,10,16-17H,1H2,(H,21,22)(H,23,24)(H2,11,12,13)(H2,18,19,20);3H,1-2,6H2,(H,7,8)(H,9,10);2,7H,1,4H2,(H,5,6)/t4-,6-,7-,10-;3-;2-/m100/s1. The molecule has 0 spiro atoms. The van der Waals surface area contributed by atoms with Gasteiger partial charge in [-0.1, -0.05) is 0 Å². The van der Waals surface area contributed by atoms with Gasteiger partial charge in [-0.3, -0.25) is 23.5 Å². The number of carboxylic acid groups (broad SMARTS) is 3. The van der Waals surface area contributed by atoms with Gasteiger partial charge in [-0.2, -0.15) is 21.3 Å². The molecule has 1 aliphatic rings. The number of carbonyl (C=O) groups is 3. The van der Waals surface area contributed by atoms with E-state index in [-0.39, 0.29) is 35.6 Å². The lowest BCUT2D eigenvalue weighted by atomic mass is 10.1. The minimum Gasteiger partial charge on any atom is -0.481 e. The van der Waals surface area contributed by atoms with E-state index in [0.717, 1.165) is 6.33 Å². The molecule has 0 saturated carbocycles. The number of hydrogen-bond acceptors (Lipinski definition) is 19. The van der Waals surface area contributed by atoms with Crippen molar-refractivity contribution in [2.75, 3.05) is 18.1 Å². The number of aliphatic hydroxyl groups is 2. The number of nitrogens with zero attached hydrogens (tertiary/aromatic N) is 4. The number of hydrogen-bond donors (Lipinski definition) is 13. The Balaban J connectivity index is 0.000000558. The molecular weight excluding hydrogens is 743 g/mol. The first-order chi connectivity index (χ1) is 21.9. The minimum absolute atomic E-state index is 0.0231. The van der Waals surface area contributed by atoms with Crippen LogP contribution in [0.15, 0.2) is 12.7 Å². The number of aliphatic hydroxyl groups excluding tert-OH is 2. The smallest absolute Gasteiger partial charge is 0.481 e. The Morgan fingerprint density at radius 3 is 2.00 bits per heavy atom. The first-order valence-electron chi connectivity index (χ1n) is 12.4. The van der Waals surface area contributed by atoms with Gasteiger partial charge in [0.2, 0.25) is 0 Å². The number of rotatable bonds is 14. The maximum Gasteiger partial charge on any atom is 0.490 e. The van der Waals surface area contributed by atoms with Crippen molar-refractivity contribution in [3.05, 3.63) is 12.7 Å². The van der Waals surface area contributed by atoms with Crippen molar-refractivity contribution < 1.29 is 91.1 Å². The molecule has 8 atom stereocenters. The number of fused-ring (bicyclic) bond motifs is 1. The van der Waals surface area contributed by atoms with Crippen LogP contribution in [0, 0.1) is 0 Å². The monoisotopic (exact) mass is 775 g/mol. The summed E-state index contributed by atoms with van der Waals surface area (Å²) in [5, 5.41) is 44.7. The molecule has 1 aliphatic heterocycles. The highest BCUT2D eigenvalue weighted by molar-refractivity contribution is 7.80. The van der Waals surface area contributed by atoms with Crippen LogP contribution in [-0.4, -0.2) is 125 Å². The van der Waals surface area contributed by atoms with Gasteiger partial charge in [-0.15, -0.1) is 0 Å². The fourth-order valence-corrected chi connectivity index (χ4v) is 6.29. The summed E-state index contributed by atoms with van der Waals surface area (Å²) < 4.78 is 51.9. The van der Waals surface area contributed by atoms with Crippen molar-refractivity contribution in [3.8, 4) is 0 Å². The molecule has 2 aromatic rings. The third-order valence-electron chi connectivity index (χ3n) is 5.32. The van der Waals surface area contributed by atoms with Gasteiger partial charge in [-0.25, -0.2) is 28.6 Å². The normalized spacial score (nSPS) is 22.9. The molecule has 1 saturated heterocycles. The van der Waals surface area contributed by atoms with Crippen molar-refractivity contribution in [3.63, 3.8) is 0 Å². The Morgan fingerprint density at radius 1 is 0.938 bits per heavy atom. The number of thiol groups is 1. The SMILES string of the molecule is N[C@@H](CCC(=O)O)C(=O)O.N[C@@H](CS)C(=O)O.Nc1ncnc2c1ncn2[C@@H]1O[C@H](COP(=O)(O)OP(=O)(O)OP(=O)(O)O)[C@@H](O)[C@H]1O. The zero-order valence-corrected chi connectivity index (χ0v) is 27.4. The van der Waals surface area contributed by atoms with Crippen LogP contribution < -0.4 is 17.2 Å². The van der Waals surface area contributed by atoms with Crippen molar-refractivity contribution >= 4 is 71.0 Å². The highest BCUT2D eigenvalue weighted by Gasteiger charge is 2.47. The predicted molar refractivity (Wildman–Crippen MR) is 157 cm³/mol. The molecule has 3 rings (SSSR count). The highest BCUT2D eigenvalue weighted by atomic mass is 32.1. The molecule has 0 radical (unpaired) electrons. The first kappa shape index (κ1) is 43.3. The van der Waals surface area contributed by atoms with Crippen molar-refractivity contribution in [2.24, 2.45) is 11.5 Å². The number of phosphoric acid groups is 3. The van der Waals surface area contributed by atoms with E-state index in [9.17, 15) is 43.2 Å². The average Bonchev–Trinajstić information content (AvgIpc) is 3.50. The van der Waals surface area contributed by atoms with Gasteiger partial charge in [0.05, 0.1) is 12.9 Å². The molecule has 2 unspecified atom stereocenters. The highest BCUT2D eigenvalue weighted by Crippen LogP contribution is 2.66. The van der Waals surface area contributed by atoms with Crippen LogP contribution in [0.4, 0.5) is 5.82 Å². The van der Waals surface area contributed by atoms with Crippen LogP contribution in [0.2, 0.25) is 0 Å². The number of nitrogens with two attached hydrogens (primary N) is 3. The van der Waals surface area contributed by atoms with Crippen molar-refractivity contribution in [1.29, 1.82) is 0 Å². The maximum atomic E-state index is 11.8. The van der Waals surface area contributed by atoms with Gasteiger partial charge in [0, 0.05) is 12.2 Å². The van der Waals surface area contributed by atoms with Crippen LogP contribution in [-0.2, 0) is 46.0 Å². The zero-order valence-electron chi connectivity index (χ0n) is 23.9. The lowest BCUT2D eigenvalue weighted by Gasteiger charge is -2.19. The van der Waals surface area contributed by atoms with Gasteiger partial charge in [0.25, 0.3) is 0 Å². The number of aromatic nitrogens is 4. The summed E-state index contributed by atoms with van der Waals surface area (Å²) in [5.41, 5.74) is 15.9. The third-order valence-corrected chi connectivity index (χ3v) is 9.51. The summed E-state index contributed by atoms with van der Waals surface area (Å²) in [7, 11) is -16.7. The molecule has 274 valence electrons. The lowest BCUT2D eigenvalue weighted by molar-refractivity contribution is -0.140. The molecule has 0 aromatic carbocycles. The molecule has 48 heavy (non-hydrogen) atoms. The van der Waals surface area contributed by atoms with Crippen LogP contribution in [0.5, 0.6) is 0 Å². The first-order valence-corrected chi connectivity index (χ1v) is 17.6. The van der Waals surface area contributed by atoms with Crippen LogP contribution >= 0.6 is 36.1 Å². The minimum atomic E-state index is -5.70. The Kier molecular flexibility index (Phi) is 16.6. The molecule has 3 heterocycles. The quantitative estimate of drug-likeness (QED) is 0.0670. The van der Waals surface area contributed by atoms with Crippen molar-refractivity contribution in [1.82, 2.24) is 19.5 Å². The Bertz CT molecular complexity index is 1560. The van der Waals surface area contributed by atoms with E-state index < -0.39 is 84.6 Å². The molecule has 30 heteroatoms. The summed E-state index contributed by atoms with van der Waals surface area (Å²) in [6, 6.07) is -1.88. The summed E-state index contributed by atoms with van der Waals surface area (Å²) in [6.45, 7) is -0.956. The molecule has 15 N–H and O–H groups in total. The lowest BCUT2D eigenvalue weighted by Crippen LogP contribution is -2.33. The molecule has 26 nitrogen and oxygen atoms in total. The molecule has 0 bridgehead atoms. The van der Waals surface area contributed by atoms with Gasteiger partial charge in [0.15, 0.2) is 17.7 Å². The number of nitrogen functional groups attached to an aromatic ring is 1. The van der Waals surface area contributed by atoms with Gasteiger partial charge < -0.3 is 67.0 Å². The Labute approximate surface area is 273 Å². The van der Waals surface area contributed by atoms with E-state index in [1.54, 1.807) is 0 Å². The van der Waals surface area contributed by atoms with Gasteiger partial charge in [0.1, 0.15) is 42.2 Å². The second-order valence-electron chi connectivity index (χ2n) is 9.02. The number of carboxylic acids is 3. The molecule has 0 amide bonds. The van der Waals surface area contributed by atoms with E-state index >= 15 is 0 Å². The van der Waals surface area contributed by atoms with Crippen molar-refractivity contribution in [2.45, 2.75) is 49.5 Å². The van der Waals surface area contributed by atoms with Gasteiger partial charge >= 0.3 is 41.4 Å². The summed E-state index contributed by atoms with van der Waals surface area (Å²) in [6.07, 6.45) is -3.91. The van der Waals surface area contributed by atoms with E-state index in [2.05, 4.69) is 40.7 Å². The summed E-state index contributed by atoms with van der Waals surface area (Å²) in [4.78, 5) is 76.9. The predicted octanol–water partition coefficient (Wildman–Crippen LogP) is -3.04. The second kappa shape index (κ2) is 18.4. The maximum absolute atomic E-state index is 11.8. The molecule has 2 aromatic heterocycles. The average molecular weight is 775 g/mol. The van der Waals surface area contributed by atoms with E-state index in [1.165, 1.54) is 10.9 Å². The number of phosphoric ester groups is 1. The van der Waals surface area contributed by atoms with E-state index in [1.807, 2.05) is 0 Å². The third kappa shape index (κ3) is 14.4. The molecule has 1 fully saturated rings. The van der Waals surface area contributed by atoms with Gasteiger partial charge in [-0.05, 0) is 6.42 Å².